The Labute approximate surface area is 173 Å². The van der Waals surface area contributed by atoms with Crippen molar-refractivity contribution in [3.05, 3.63) is 58.8 Å². The van der Waals surface area contributed by atoms with Gasteiger partial charge in [-0.1, -0.05) is 39.8 Å². The Morgan fingerprint density at radius 2 is 2.14 bits per heavy atom. The van der Waals surface area contributed by atoms with Crippen LogP contribution in [0.1, 0.15) is 12.6 Å². The molecule has 1 amide bonds. The summed E-state index contributed by atoms with van der Waals surface area (Å²) in [5.74, 6) is 6.19. The van der Waals surface area contributed by atoms with Crippen molar-refractivity contribution in [2.45, 2.75) is 12.1 Å². The van der Waals surface area contributed by atoms with Crippen LogP contribution >= 0.6 is 27.7 Å². The third-order valence-electron chi connectivity index (χ3n) is 3.46. The predicted octanol–water partition coefficient (Wildman–Crippen LogP) is 2.72. The van der Waals surface area contributed by atoms with Gasteiger partial charge in [0.05, 0.1) is 17.2 Å². The third kappa shape index (κ3) is 5.30. The number of halogens is 1. The molecule has 2 heterocycles. The highest BCUT2D eigenvalue weighted by atomic mass is 79.9. The van der Waals surface area contributed by atoms with E-state index in [0.29, 0.717) is 16.6 Å². The molecular weight excluding hydrogens is 444 g/mol. The molecule has 0 bridgehead atoms. The number of rotatable bonds is 7. The average molecular weight is 461 g/mol. The van der Waals surface area contributed by atoms with Crippen molar-refractivity contribution in [2.24, 2.45) is 5.10 Å². The number of aromatic nitrogens is 4. The number of hydrazone groups is 1. The summed E-state index contributed by atoms with van der Waals surface area (Å²) in [4.78, 5) is 16.3. The number of nitrogens with one attached hydrogen (secondary N) is 2. The maximum atomic E-state index is 12.1. The van der Waals surface area contributed by atoms with Gasteiger partial charge in [0.2, 0.25) is 11.1 Å². The van der Waals surface area contributed by atoms with Gasteiger partial charge >= 0.3 is 0 Å². The molecule has 0 fully saturated rings. The fourth-order valence-electron chi connectivity index (χ4n) is 2.11. The van der Waals surface area contributed by atoms with Crippen molar-refractivity contribution in [2.75, 3.05) is 22.3 Å². The largest absolute Gasteiger partial charge is 0.334 e. The molecule has 2 aromatic heterocycles. The van der Waals surface area contributed by atoms with Crippen LogP contribution in [0.4, 0.5) is 11.6 Å². The summed E-state index contributed by atoms with van der Waals surface area (Å²) in [7, 11) is 0. The lowest BCUT2D eigenvalue weighted by atomic mass is 10.3. The molecule has 0 aliphatic heterocycles. The first-order valence-electron chi connectivity index (χ1n) is 8.13. The lowest BCUT2D eigenvalue weighted by Crippen LogP contribution is -2.17. The standard InChI is InChI=1S/C17H17BrN8OS/c1-11(14-7-2-3-8-20-14)22-23-16-24-25-17(26(16)19)28-10-15(27)21-13-6-4-5-12(18)9-13/h2-9H,10,19H2,1H3,(H,21,27)(H,23,24)/b22-11+. The van der Waals surface area contributed by atoms with Crippen LogP contribution in [0.15, 0.2) is 63.4 Å². The van der Waals surface area contributed by atoms with Gasteiger partial charge in [-0.15, -0.1) is 10.2 Å². The molecule has 28 heavy (non-hydrogen) atoms. The first-order chi connectivity index (χ1) is 13.5. The monoisotopic (exact) mass is 460 g/mol. The molecule has 0 atom stereocenters. The topological polar surface area (TPSA) is 123 Å². The van der Waals surface area contributed by atoms with Gasteiger partial charge in [-0.05, 0) is 37.3 Å². The molecular formula is C17H17BrN8OS. The van der Waals surface area contributed by atoms with Gasteiger partial charge in [0.15, 0.2) is 0 Å². The van der Waals surface area contributed by atoms with Gasteiger partial charge in [0, 0.05) is 16.4 Å². The molecule has 0 unspecified atom stereocenters. The first-order valence-corrected chi connectivity index (χ1v) is 9.91. The number of hydrogen-bond donors (Lipinski definition) is 3. The molecule has 3 rings (SSSR count). The number of thioether (sulfide) groups is 1. The molecule has 0 radical (unpaired) electrons. The fourth-order valence-corrected chi connectivity index (χ4v) is 3.17. The summed E-state index contributed by atoms with van der Waals surface area (Å²) in [5.41, 5.74) is 4.87. The van der Waals surface area contributed by atoms with Crippen LogP contribution in [0.2, 0.25) is 0 Å². The van der Waals surface area contributed by atoms with Crippen LogP contribution in [-0.2, 0) is 4.79 Å². The Morgan fingerprint density at radius 1 is 1.29 bits per heavy atom. The number of carbonyl (C=O) groups excluding carboxylic acids is 1. The maximum Gasteiger partial charge on any atom is 0.264 e. The normalized spacial score (nSPS) is 11.3. The molecule has 0 saturated heterocycles. The van der Waals surface area contributed by atoms with Gasteiger partial charge in [0.1, 0.15) is 0 Å². The van der Waals surface area contributed by atoms with E-state index in [9.17, 15) is 4.79 Å². The molecule has 0 saturated carbocycles. The van der Waals surface area contributed by atoms with Crippen LogP contribution in [0.3, 0.4) is 0 Å². The number of anilines is 2. The summed E-state index contributed by atoms with van der Waals surface area (Å²) in [5, 5.41) is 15.3. The minimum absolute atomic E-state index is 0.137. The van der Waals surface area contributed by atoms with E-state index in [1.165, 1.54) is 16.4 Å². The number of nitrogens with two attached hydrogens (primary N) is 1. The van der Waals surface area contributed by atoms with Crippen LogP contribution < -0.4 is 16.6 Å². The molecule has 0 spiro atoms. The zero-order valence-corrected chi connectivity index (χ0v) is 17.2. The molecule has 0 aliphatic carbocycles. The van der Waals surface area contributed by atoms with Crippen molar-refractivity contribution in [3.63, 3.8) is 0 Å². The minimum Gasteiger partial charge on any atom is -0.334 e. The minimum atomic E-state index is -0.176. The summed E-state index contributed by atoms with van der Waals surface area (Å²) in [6.45, 7) is 1.81. The Hall–Kier alpha value is -2.92. The van der Waals surface area contributed by atoms with E-state index in [0.717, 1.165) is 10.2 Å². The Bertz CT molecular complexity index is 992. The highest BCUT2D eigenvalue weighted by Crippen LogP contribution is 2.19. The van der Waals surface area contributed by atoms with Crippen LogP contribution in [0.5, 0.6) is 0 Å². The number of nitrogen functional groups attached to an aromatic ring is 1. The smallest absolute Gasteiger partial charge is 0.264 e. The highest BCUT2D eigenvalue weighted by molar-refractivity contribution is 9.10. The van der Waals surface area contributed by atoms with E-state index in [4.69, 9.17) is 5.84 Å². The van der Waals surface area contributed by atoms with Crippen molar-refractivity contribution >= 4 is 50.9 Å². The lowest BCUT2D eigenvalue weighted by Gasteiger charge is -2.06. The Kier molecular flexibility index (Phi) is 6.61. The fraction of sp³-hybridized carbons (Fsp3) is 0.118. The quantitative estimate of drug-likeness (QED) is 0.214. The van der Waals surface area contributed by atoms with Crippen molar-refractivity contribution < 1.29 is 4.79 Å². The van der Waals surface area contributed by atoms with Gasteiger partial charge < -0.3 is 11.2 Å². The second-order valence-corrected chi connectivity index (χ2v) is 7.41. The molecule has 0 aliphatic rings. The van der Waals surface area contributed by atoms with Gasteiger partial charge in [-0.2, -0.15) is 5.10 Å². The van der Waals surface area contributed by atoms with Gasteiger partial charge in [0.25, 0.3) is 5.95 Å². The summed E-state index contributed by atoms with van der Waals surface area (Å²) in [6, 6.07) is 12.9. The third-order valence-corrected chi connectivity index (χ3v) is 4.90. The second kappa shape index (κ2) is 9.33. The molecule has 144 valence electrons. The van der Waals surface area contributed by atoms with Gasteiger partial charge in [-0.3, -0.25) is 9.78 Å². The second-order valence-electron chi connectivity index (χ2n) is 5.55. The van der Waals surface area contributed by atoms with E-state index >= 15 is 0 Å². The zero-order chi connectivity index (χ0) is 19.9. The number of hydrogen-bond acceptors (Lipinski definition) is 8. The summed E-state index contributed by atoms with van der Waals surface area (Å²) < 4.78 is 2.13. The average Bonchev–Trinajstić information content (AvgIpc) is 3.05. The van der Waals surface area contributed by atoms with Gasteiger partial charge in [-0.25, -0.2) is 10.1 Å². The Morgan fingerprint density at radius 3 is 2.89 bits per heavy atom. The van der Waals surface area contributed by atoms with Crippen molar-refractivity contribution in [1.29, 1.82) is 0 Å². The number of pyridine rings is 1. The molecule has 3 aromatic rings. The van der Waals surface area contributed by atoms with E-state index in [2.05, 4.69) is 47.0 Å². The number of nitrogens with zero attached hydrogens (tertiary/aromatic N) is 5. The summed E-state index contributed by atoms with van der Waals surface area (Å²) in [6.07, 6.45) is 1.69. The van der Waals surface area contributed by atoms with Crippen molar-refractivity contribution in [1.82, 2.24) is 19.9 Å². The van der Waals surface area contributed by atoms with Crippen molar-refractivity contribution in [3.8, 4) is 0 Å². The van der Waals surface area contributed by atoms with E-state index < -0.39 is 0 Å². The number of carbonyl (C=O) groups is 1. The van der Waals surface area contributed by atoms with E-state index in [1.54, 1.807) is 6.20 Å². The van der Waals surface area contributed by atoms with Crippen LogP contribution in [-0.4, -0.2) is 37.2 Å². The van der Waals surface area contributed by atoms with Crippen LogP contribution in [0, 0.1) is 0 Å². The molecule has 9 nitrogen and oxygen atoms in total. The zero-order valence-electron chi connectivity index (χ0n) is 14.8. The first kappa shape index (κ1) is 19.8. The SMILES string of the molecule is C/C(=N\Nc1nnc(SCC(=O)Nc2cccc(Br)c2)n1N)c1ccccn1. The number of benzene rings is 1. The molecule has 4 N–H and O–H groups in total. The highest BCUT2D eigenvalue weighted by Gasteiger charge is 2.12. The maximum absolute atomic E-state index is 12.1. The van der Waals surface area contributed by atoms with Crippen LogP contribution in [0.25, 0.3) is 0 Å². The molecule has 11 heteroatoms. The summed E-state index contributed by atoms with van der Waals surface area (Å²) >= 11 is 4.53. The molecule has 1 aromatic carbocycles. The predicted molar refractivity (Wildman–Crippen MR) is 114 cm³/mol. The van der Waals surface area contributed by atoms with E-state index in [1.807, 2.05) is 49.4 Å². The Balaban J connectivity index is 1.56. The number of amides is 1. The van der Waals surface area contributed by atoms with E-state index in [-0.39, 0.29) is 17.6 Å². The lowest BCUT2D eigenvalue weighted by molar-refractivity contribution is -0.113.